The summed E-state index contributed by atoms with van der Waals surface area (Å²) in [6.07, 6.45) is 1.64. The molecule has 5 rings (SSSR count). The van der Waals surface area contributed by atoms with E-state index in [9.17, 15) is 4.79 Å². The maximum atomic E-state index is 13.6. The first-order valence-corrected chi connectivity index (χ1v) is 11.8. The quantitative estimate of drug-likeness (QED) is 0.356. The molecule has 10 heteroatoms. The predicted molar refractivity (Wildman–Crippen MR) is 137 cm³/mol. The van der Waals surface area contributed by atoms with Crippen LogP contribution in [0.1, 0.15) is 23.8 Å². The lowest BCUT2D eigenvalue weighted by Crippen LogP contribution is -2.27. The first-order valence-electron chi connectivity index (χ1n) is 10.5. The molecule has 8 nitrogen and oxygen atoms in total. The average Bonchev–Trinajstić information content (AvgIpc) is 3.25. The van der Waals surface area contributed by atoms with Crippen molar-refractivity contribution < 1.29 is 0 Å². The van der Waals surface area contributed by atoms with Crippen molar-refractivity contribution >= 4 is 45.6 Å². The second-order valence-electron chi connectivity index (χ2n) is 7.69. The molecular weight excluding hydrogens is 470 g/mol. The molecule has 170 valence electrons. The molecule has 1 unspecified atom stereocenters. The second kappa shape index (κ2) is 8.85. The number of halogens is 1. The van der Waals surface area contributed by atoms with Gasteiger partial charge in [0.15, 0.2) is 0 Å². The highest BCUT2D eigenvalue weighted by Crippen LogP contribution is 2.30. The van der Waals surface area contributed by atoms with Crippen LogP contribution in [0, 0.1) is 6.92 Å². The molecule has 0 aliphatic rings. The van der Waals surface area contributed by atoms with Gasteiger partial charge in [0.05, 0.1) is 43.9 Å². The van der Waals surface area contributed by atoms with Gasteiger partial charge in [-0.3, -0.25) is 9.36 Å². The number of para-hydroxylation sites is 1. The van der Waals surface area contributed by atoms with Gasteiger partial charge >= 0.3 is 0 Å². The summed E-state index contributed by atoms with van der Waals surface area (Å²) in [7, 11) is 0. The largest absolute Gasteiger partial charge is 0.368 e. The van der Waals surface area contributed by atoms with Crippen molar-refractivity contribution in [1.82, 2.24) is 24.5 Å². The predicted octanol–water partition coefficient (Wildman–Crippen LogP) is 5.02. The maximum Gasteiger partial charge on any atom is 0.267 e. The Labute approximate surface area is 204 Å². The molecular formula is C24H20ClN7OS. The molecule has 2 aromatic carbocycles. The SMILES string of the molecule is Cc1nc(-c2cnc(N)nc2NC(C)c2nc3cccc(Cl)c3c(=O)n2-c2ccccc2)cs1. The molecule has 3 aromatic heterocycles. The van der Waals surface area contributed by atoms with Gasteiger partial charge in [-0.15, -0.1) is 11.3 Å². The van der Waals surface area contributed by atoms with Gasteiger partial charge in [0.25, 0.3) is 5.56 Å². The Morgan fingerprint density at radius 3 is 2.62 bits per heavy atom. The summed E-state index contributed by atoms with van der Waals surface area (Å²) in [6, 6.07) is 14.2. The molecule has 0 spiro atoms. The van der Waals surface area contributed by atoms with Crippen molar-refractivity contribution in [3.8, 4) is 16.9 Å². The van der Waals surface area contributed by atoms with Gasteiger partial charge in [0.1, 0.15) is 11.6 Å². The highest BCUT2D eigenvalue weighted by atomic mass is 35.5. The zero-order valence-electron chi connectivity index (χ0n) is 18.4. The first-order chi connectivity index (χ1) is 16.4. The highest BCUT2D eigenvalue weighted by Gasteiger charge is 2.21. The number of aromatic nitrogens is 5. The number of hydrogen-bond acceptors (Lipinski definition) is 8. The van der Waals surface area contributed by atoms with Gasteiger partial charge in [-0.25, -0.2) is 15.0 Å². The molecule has 5 aromatic rings. The summed E-state index contributed by atoms with van der Waals surface area (Å²) in [4.78, 5) is 31.6. The zero-order valence-corrected chi connectivity index (χ0v) is 19.9. The van der Waals surface area contributed by atoms with Crippen LogP contribution in [0.4, 0.5) is 11.8 Å². The number of nitrogen functional groups attached to an aromatic ring is 1. The van der Waals surface area contributed by atoms with Gasteiger partial charge in [0, 0.05) is 11.6 Å². The number of anilines is 2. The average molecular weight is 490 g/mol. The second-order valence-corrected chi connectivity index (χ2v) is 9.16. The van der Waals surface area contributed by atoms with Crippen molar-refractivity contribution in [1.29, 1.82) is 0 Å². The molecule has 0 saturated carbocycles. The lowest BCUT2D eigenvalue weighted by atomic mass is 10.2. The molecule has 34 heavy (non-hydrogen) atoms. The summed E-state index contributed by atoms with van der Waals surface area (Å²) in [5, 5.41) is 6.97. The molecule has 0 saturated heterocycles. The monoisotopic (exact) mass is 489 g/mol. The van der Waals surface area contributed by atoms with Crippen LogP contribution in [0.2, 0.25) is 5.02 Å². The zero-order chi connectivity index (χ0) is 23.8. The van der Waals surface area contributed by atoms with Crippen molar-refractivity contribution in [3.63, 3.8) is 0 Å². The van der Waals surface area contributed by atoms with E-state index >= 15 is 0 Å². The third-order valence-electron chi connectivity index (χ3n) is 5.33. The van der Waals surface area contributed by atoms with Crippen LogP contribution in [0.3, 0.4) is 0 Å². The topological polar surface area (TPSA) is 112 Å². The summed E-state index contributed by atoms with van der Waals surface area (Å²) >= 11 is 7.92. The molecule has 1 atom stereocenters. The number of nitrogens with one attached hydrogen (secondary N) is 1. The van der Waals surface area contributed by atoms with E-state index in [1.54, 1.807) is 29.0 Å². The lowest BCUT2D eigenvalue weighted by Gasteiger charge is -2.21. The van der Waals surface area contributed by atoms with Crippen molar-refractivity contribution in [2.45, 2.75) is 19.9 Å². The van der Waals surface area contributed by atoms with Crippen LogP contribution in [-0.2, 0) is 0 Å². The number of nitrogens with zero attached hydrogens (tertiary/aromatic N) is 5. The van der Waals surface area contributed by atoms with Gasteiger partial charge in [-0.2, -0.15) is 4.98 Å². The van der Waals surface area contributed by atoms with Gasteiger partial charge < -0.3 is 11.1 Å². The fraction of sp³-hybridized carbons (Fsp3) is 0.125. The number of thiazole rings is 1. The van der Waals surface area contributed by atoms with E-state index in [4.69, 9.17) is 22.3 Å². The lowest BCUT2D eigenvalue weighted by molar-refractivity contribution is 0.731. The summed E-state index contributed by atoms with van der Waals surface area (Å²) in [5.74, 6) is 1.14. The third kappa shape index (κ3) is 4.00. The maximum absolute atomic E-state index is 13.6. The Bertz CT molecular complexity index is 1570. The summed E-state index contributed by atoms with van der Waals surface area (Å²) < 4.78 is 1.57. The van der Waals surface area contributed by atoms with E-state index in [2.05, 4.69) is 20.3 Å². The standard InChI is InChI=1S/C24H20ClN7OS/c1-13(28-21-16(11-27-24(26)31-21)19-12-34-14(2)29-19)22-30-18-10-6-9-17(25)20(18)23(33)32(22)15-7-4-3-5-8-15/h3-13H,1-2H3,(H3,26,27,28,31). The molecule has 0 aliphatic carbocycles. The van der Waals surface area contributed by atoms with Crippen molar-refractivity contribution in [2.75, 3.05) is 11.1 Å². The van der Waals surface area contributed by atoms with Gasteiger partial charge in [-0.05, 0) is 38.1 Å². The Morgan fingerprint density at radius 1 is 1.09 bits per heavy atom. The minimum atomic E-state index is -0.427. The normalized spacial score (nSPS) is 12.1. The van der Waals surface area contributed by atoms with Crippen LogP contribution in [0.25, 0.3) is 27.8 Å². The van der Waals surface area contributed by atoms with E-state index in [1.165, 1.54) is 11.3 Å². The summed E-state index contributed by atoms with van der Waals surface area (Å²) in [6.45, 7) is 3.84. The molecule has 0 radical (unpaired) electrons. The Balaban J connectivity index is 1.67. The number of benzene rings is 2. The minimum absolute atomic E-state index is 0.129. The third-order valence-corrected chi connectivity index (χ3v) is 6.42. The highest BCUT2D eigenvalue weighted by molar-refractivity contribution is 7.09. The van der Waals surface area contributed by atoms with E-state index in [0.717, 1.165) is 10.7 Å². The van der Waals surface area contributed by atoms with Crippen LogP contribution in [-0.4, -0.2) is 24.5 Å². The van der Waals surface area contributed by atoms with E-state index in [0.29, 0.717) is 38.8 Å². The van der Waals surface area contributed by atoms with Crippen molar-refractivity contribution in [3.05, 3.63) is 86.3 Å². The molecule has 0 amide bonds. The van der Waals surface area contributed by atoms with Crippen molar-refractivity contribution in [2.24, 2.45) is 0 Å². The smallest absolute Gasteiger partial charge is 0.267 e. The van der Waals surface area contributed by atoms with E-state index in [-0.39, 0.29) is 11.5 Å². The molecule has 0 bridgehead atoms. The fourth-order valence-electron chi connectivity index (χ4n) is 3.77. The van der Waals surface area contributed by atoms with Gasteiger partial charge in [-0.1, -0.05) is 35.9 Å². The molecule has 3 heterocycles. The summed E-state index contributed by atoms with van der Waals surface area (Å²) in [5.41, 5.74) is 8.31. The van der Waals surface area contributed by atoms with E-state index in [1.807, 2.05) is 49.6 Å². The Morgan fingerprint density at radius 2 is 1.88 bits per heavy atom. The molecule has 0 aliphatic heterocycles. The fourth-order valence-corrected chi connectivity index (χ4v) is 4.64. The van der Waals surface area contributed by atoms with E-state index < -0.39 is 6.04 Å². The number of rotatable bonds is 5. The number of aryl methyl sites for hydroxylation is 1. The Hall–Kier alpha value is -3.82. The number of nitrogens with two attached hydrogens (primary N) is 1. The Kier molecular flexibility index (Phi) is 5.72. The number of fused-ring (bicyclic) bond motifs is 1. The molecule has 0 fully saturated rings. The first kappa shape index (κ1) is 22.0. The van der Waals surface area contributed by atoms with Gasteiger partial charge in [0.2, 0.25) is 5.95 Å². The van der Waals surface area contributed by atoms with Crippen LogP contribution >= 0.6 is 22.9 Å². The minimum Gasteiger partial charge on any atom is -0.368 e. The molecule has 3 N–H and O–H groups in total. The van der Waals surface area contributed by atoms with Crippen LogP contribution < -0.4 is 16.6 Å². The van der Waals surface area contributed by atoms with Crippen LogP contribution in [0.5, 0.6) is 0 Å². The number of hydrogen-bond donors (Lipinski definition) is 2. The van der Waals surface area contributed by atoms with Crippen LogP contribution in [0.15, 0.2) is 64.9 Å².